The molecule has 0 atom stereocenters. The van der Waals surface area contributed by atoms with E-state index in [1.165, 1.54) is 87.0 Å². The average molecular weight is 348 g/mol. The van der Waals surface area contributed by atoms with Gasteiger partial charge in [0.05, 0.1) is 11.6 Å². The molecule has 1 aliphatic rings. The smallest absolute Gasteiger partial charge is 0.0991 e. The van der Waals surface area contributed by atoms with Gasteiger partial charge in [0.2, 0.25) is 0 Å². The van der Waals surface area contributed by atoms with E-state index in [2.05, 4.69) is 37.3 Å². The summed E-state index contributed by atoms with van der Waals surface area (Å²) in [6.07, 6.45) is 15.5. The van der Waals surface area contributed by atoms with Crippen molar-refractivity contribution in [2.24, 2.45) is 5.92 Å². The largest absolute Gasteiger partial charge is 0.192 e. The summed E-state index contributed by atoms with van der Waals surface area (Å²) in [5.74, 6) is 1.70. The van der Waals surface area contributed by atoms with Crippen molar-refractivity contribution >= 4 is 10.8 Å². The second-order valence-electron chi connectivity index (χ2n) is 8.21. The number of nitriles is 1. The number of nitrogens with zero attached hydrogens (tertiary/aromatic N) is 1. The molecule has 1 aliphatic carbocycles. The summed E-state index contributed by atoms with van der Waals surface area (Å²) in [4.78, 5) is 0. The van der Waals surface area contributed by atoms with Gasteiger partial charge in [-0.15, -0.1) is 0 Å². The van der Waals surface area contributed by atoms with Crippen LogP contribution in [0.1, 0.15) is 94.6 Å². The molecule has 0 N–H and O–H groups in total. The van der Waals surface area contributed by atoms with Crippen LogP contribution in [0.15, 0.2) is 36.4 Å². The van der Waals surface area contributed by atoms with Crippen LogP contribution in [0, 0.1) is 17.2 Å². The Labute approximate surface area is 159 Å². The third kappa shape index (κ3) is 5.10. The summed E-state index contributed by atoms with van der Waals surface area (Å²) in [6, 6.07) is 15.1. The van der Waals surface area contributed by atoms with Crippen molar-refractivity contribution in [3.8, 4) is 6.07 Å². The highest BCUT2D eigenvalue weighted by molar-refractivity contribution is 5.84. The molecule has 1 heteroatoms. The molecule has 2 aromatic rings. The molecule has 0 unspecified atom stereocenters. The molecule has 138 valence electrons. The third-order valence-corrected chi connectivity index (χ3v) is 6.28. The zero-order chi connectivity index (χ0) is 18.2. The molecular weight excluding hydrogens is 314 g/mol. The Balaban J connectivity index is 1.47. The highest BCUT2D eigenvalue weighted by Crippen LogP contribution is 2.38. The van der Waals surface area contributed by atoms with Gasteiger partial charge in [0.1, 0.15) is 0 Å². The average Bonchev–Trinajstić information content (AvgIpc) is 2.70. The SMILES string of the molecule is CCCCCCCC[C@H]1CC[C@H](c2ccc3cc(C#N)ccc3c2)CC1. The fourth-order valence-corrected chi connectivity index (χ4v) is 4.59. The number of unbranched alkanes of at least 4 members (excludes halogenated alkanes) is 5. The lowest BCUT2D eigenvalue weighted by Gasteiger charge is -2.29. The monoisotopic (exact) mass is 347 g/mol. The van der Waals surface area contributed by atoms with Crippen LogP contribution >= 0.6 is 0 Å². The van der Waals surface area contributed by atoms with Gasteiger partial charge < -0.3 is 0 Å². The van der Waals surface area contributed by atoms with Gasteiger partial charge in [0.25, 0.3) is 0 Å². The lowest BCUT2D eigenvalue weighted by molar-refractivity contribution is 0.302. The van der Waals surface area contributed by atoms with Crippen LogP contribution in [0.25, 0.3) is 10.8 Å². The van der Waals surface area contributed by atoms with Gasteiger partial charge in [-0.05, 0) is 66.0 Å². The number of fused-ring (bicyclic) bond motifs is 1. The van der Waals surface area contributed by atoms with Gasteiger partial charge in [-0.2, -0.15) is 5.26 Å². The molecule has 1 saturated carbocycles. The van der Waals surface area contributed by atoms with E-state index < -0.39 is 0 Å². The lowest BCUT2D eigenvalue weighted by atomic mass is 9.76. The van der Waals surface area contributed by atoms with E-state index in [0.717, 1.165) is 17.4 Å². The highest BCUT2D eigenvalue weighted by atomic mass is 14.3. The van der Waals surface area contributed by atoms with E-state index in [9.17, 15) is 0 Å². The van der Waals surface area contributed by atoms with Crippen molar-refractivity contribution in [1.29, 1.82) is 5.26 Å². The molecule has 0 radical (unpaired) electrons. The van der Waals surface area contributed by atoms with Crippen molar-refractivity contribution in [2.75, 3.05) is 0 Å². The number of rotatable bonds is 8. The molecule has 0 aliphatic heterocycles. The van der Waals surface area contributed by atoms with E-state index in [0.29, 0.717) is 0 Å². The Morgan fingerprint density at radius 1 is 0.846 bits per heavy atom. The molecule has 1 fully saturated rings. The molecule has 26 heavy (non-hydrogen) atoms. The van der Waals surface area contributed by atoms with Crippen LogP contribution < -0.4 is 0 Å². The van der Waals surface area contributed by atoms with Gasteiger partial charge in [-0.3, -0.25) is 0 Å². The first-order valence-electron chi connectivity index (χ1n) is 10.7. The number of hydrogen-bond acceptors (Lipinski definition) is 1. The second-order valence-corrected chi connectivity index (χ2v) is 8.21. The lowest BCUT2D eigenvalue weighted by Crippen LogP contribution is -2.13. The molecule has 0 amide bonds. The zero-order valence-corrected chi connectivity index (χ0v) is 16.3. The van der Waals surface area contributed by atoms with E-state index >= 15 is 0 Å². The first-order chi connectivity index (χ1) is 12.8. The van der Waals surface area contributed by atoms with E-state index in [-0.39, 0.29) is 0 Å². The minimum absolute atomic E-state index is 0.732. The summed E-state index contributed by atoms with van der Waals surface area (Å²) in [7, 11) is 0. The van der Waals surface area contributed by atoms with Crippen molar-refractivity contribution in [1.82, 2.24) is 0 Å². The van der Waals surface area contributed by atoms with E-state index in [1.54, 1.807) is 0 Å². The molecule has 0 aromatic heterocycles. The number of hydrogen-bond donors (Lipinski definition) is 0. The van der Waals surface area contributed by atoms with Gasteiger partial charge in [0.15, 0.2) is 0 Å². The zero-order valence-electron chi connectivity index (χ0n) is 16.3. The van der Waals surface area contributed by atoms with Crippen molar-refractivity contribution < 1.29 is 0 Å². The summed E-state index contributed by atoms with van der Waals surface area (Å²) >= 11 is 0. The Morgan fingerprint density at radius 2 is 1.54 bits per heavy atom. The molecule has 0 bridgehead atoms. The molecular formula is C25H33N. The van der Waals surface area contributed by atoms with Crippen molar-refractivity contribution in [3.05, 3.63) is 47.5 Å². The Morgan fingerprint density at radius 3 is 2.31 bits per heavy atom. The fourth-order valence-electron chi connectivity index (χ4n) is 4.59. The summed E-state index contributed by atoms with van der Waals surface area (Å²) in [5.41, 5.74) is 2.25. The van der Waals surface area contributed by atoms with Crippen molar-refractivity contribution in [2.45, 2.75) is 83.5 Å². The van der Waals surface area contributed by atoms with Gasteiger partial charge in [-0.25, -0.2) is 0 Å². The topological polar surface area (TPSA) is 23.8 Å². The maximum Gasteiger partial charge on any atom is 0.0991 e. The van der Waals surface area contributed by atoms with E-state index in [1.807, 2.05) is 12.1 Å². The van der Waals surface area contributed by atoms with Crippen LogP contribution in [0.4, 0.5) is 0 Å². The van der Waals surface area contributed by atoms with Crippen LogP contribution in [-0.2, 0) is 0 Å². The molecule has 0 saturated heterocycles. The standard InChI is InChI=1S/C25H33N/c1-2-3-4-5-6-7-8-20-9-12-22(13-10-20)24-16-15-23-17-21(19-26)11-14-25(23)18-24/h11,14-18,20,22H,2-10,12-13H2,1H3/t20-,22-. The third-order valence-electron chi connectivity index (χ3n) is 6.28. The van der Waals surface area contributed by atoms with Gasteiger partial charge >= 0.3 is 0 Å². The molecule has 3 rings (SSSR count). The second kappa shape index (κ2) is 9.77. The maximum atomic E-state index is 9.05. The first kappa shape index (κ1) is 19.0. The fraction of sp³-hybridized carbons (Fsp3) is 0.560. The van der Waals surface area contributed by atoms with Crippen LogP contribution in [-0.4, -0.2) is 0 Å². The Kier molecular flexibility index (Phi) is 7.13. The summed E-state index contributed by atoms with van der Waals surface area (Å²) in [6.45, 7) is 2.29. The highest BCUT2D eigenvalue weighted by Gasteiger charge is 2.22. The molecule has 0 heterocycles. The van der Waals surface area contributed by atoms with Gasteiger partial charge in [-0.1, -0.05) is 76.1 Å². The maximum absolute atomic E-state index is 9.05. The van der Waals surface area contributed by atoms with Crippen LogP contribution in [0.5, 0.6) is 0 Å². The van der Waals surface area contributed by atoms with Crippen LogP contribution in [0.3, 0.4) is 0 Å². The quantitative estimate of drug-likeness (QED) is 0.448. The summed E-state index contributed by atoms with van der Waals surface area (Å²) in [5, 5.41) is 11.5. The van der Waals surface area contributed by atoms with E-state index in [4.69, 9.17) is 5.26 Å². The molecule has 0 spiro atoms. The minimum Gasteiger partial charge on any atom is -0.192 e. The molecule has 1 nitrogen and oxygen atoms in total. The minimum atomic E-state index is 0.732. The Bertz CT molecular complexity index is 731. The predicted molar refractivity (Wildman–Crippen MR) is 111 cm³/mol. The first-order valence-corrected chi connectivity index (χ1v) is 10.7. The normalized spacial score (nSPS) is 20.2. The number of benzene rings is 2. The predicted octanol–water partition coefficient (Wildman–Crippen LogP) is 7.74. The van der Waals surface area contributed by atoms with Gasteiger partial charge in [0, 0.05) is 0 Å². The van der Waals surface area contributed by atoms with Crippen LogP contribution in [0.2, 0.25) is 0 Å². The van der Waals surface area contributed by atoms with Crippen molar-refractivity contribution in [3.63, 3.8) is 0 Å². The Hall–Kier alpha value is -1.81. The summed E-state index contributed by atoms with van der Waals surface area (Å²) < 4.78 is 0. The molecule has 2 aromatic carbocycles.